The van der Waals surface area contributed by atoms with Crippen LogP contribution in [0.5, 0.6) is 5.75 Å². The fourth-order valence-electron chi connectivity index (χ4n) is 3.89. The van der Waals surface area contributed by atoms with Crippen molar-refractivity contribution in [1.82, 2.24) is 4.90 Å². The third-order valence-electron chi connectivity index (χ3n) is 5.45. The molecule has 2 amide bonds. The third-order valence-corrected chi connectivity index (χ3v) is 6.28. The number of hydrogen-bond donors (Lipinski definition) is 1. The molecule has 8 heteroatoms. The minimum absolute atomic E-state index is 0.0240. The minimum Gasteiger partial charge on any atom is -0.477 e. The van der Waals surface area contributed by atoms with Gasteiger partial charge in [-0.05, 0) is 42.8 Å². The van der Waals surface area contributed by atoms with Crippen molar-refractivity contribution < 1.29 is 14.3 Å². The number of rotatable bonds is 5. The maximum absolute atomic E-state index is 13.0. The lowest BCUT2D eigenvalue weighted by Crippen LogP contribution is -2.51. The van der Waals surface area contributed by atoms with Gasteiger partial charge in [0.1, 0.15) is 16.8 Å². The smallest absolute Gasteiger partial charge is 0.265 e. The van der Waals surface area contributed by atoms with Crippen LogP contribution in [-0.2, 0) is 9.59 Å². The van der Waals surface area contributed by atoms with E-state index in [2.05, 4.69) is 11.4 Å². The monoisotopic (exact) mass is 424 g/mol. The lowest BCUT2D eigenvalue weighted by molar-refractivity contribution is -0.139. The quantitative estimate of drug-likeness (QED) is 0.797. The Hall–Kier alpha value is -3.05. The summed E-state index contributed by atoms with van der Waals surface area (Å²) in [6.45, 7) is 2.45. The van der Waals surface area contributed by atoms with Gasteiger partial charge in [0.2, 0.25) is 5.91 Å². The Labute approximate surface area is 179 Å². The molecular weight excluding hydrogens is 400 g/mol. The van der Waals surface area contributed by atoms with Crippen LogP contribution in [0.2, 0.25) is 0 Å². The van der Waals surface area contributed by atoms with Crippen LogP contribution in [0, 0.1) is 11.3 Å². The van der Waals surface area contributed by atoms with Gasteiger partial charge in [-0.15, -0.1) is 11.3 Å². The van der Waals surface area contributed by atoms with E-state index in [0.29, 0.717) is 29.4 Å². The number of nitrogens with zero attached hydrogens (tertiary/aromatic N) is 3. The van der Waals surface area contributed by atoms with Gasteiger partial charge in [-0.3, -0.25) is 9.59 Å². The molecule has 4 rings (SSSR count). The molecule has 1 fully saturated rings. The molecule has 7 nitrogen and oxygen atoms in total. The topological polar surface area (TPSA) is 85.7 Å². The number of likely N-dealkylation sites (tertiary alicyclic amines) is 1. The van der Waals surface area contributed by atoms with Crippen molar-refractivity contribution in [3.05, 3.63) is 41.3 Å². The number of hydrogen-bond acceptors (Lipinski definition) is 6. The number of nitriles is 1. The Morgan fingerprint density at radius 2 is 2.00 bits per heavy atom. The van der Waals surface area contributed by atoms with Gasteiger partial charge in [0.15, 0.2) is 6.10 Å². The van der Waals surface area contributed by atoms with Crippen molar-refractivity contribution in [2.75, 3.05) is 36.4 Å². The van der Waals surface area contributed by atoms with E-state index in [0.717, 1.165) is 38.0 Å². The van der Waals surface area contributed by atoms with E-state index in [1.807, 2.05) is 34.1 Å². The molecule has 1 unspecified atom stereocenters. The number of anilines is 2. The molecule has 2 aliphatic heterocycles. The first-order valence-corrected chi connectivity index (χ1v) is 11.1. The second-order valence-corrected chi connectivity index (χ2v) is 8.40. The van der Waals surface area contributed by atoms with Gasteiger partial charge < -0.3 is 19.9 Å². The van der Waals surface area contributed by atoms with Crippen LogP contribution in [0.25, 0.3) is 0 Å². The molecule has 156 valence electrons. The predicted molar refractivity (Wildman–Crippen MR) is 116 cm³/mol. The second-order valence-electron chi connectivity index (χ2n) is 7.48. The lowest BCUT2D eigenvalue weighted by atomic mass is 10.1. The summed E-state index contributed by atoms with van der Waals surface area (Å²) in [5.74, 6) is 0.539. The number of ether oxygens (including phenoxy) is 1. The first-order chi connectivity index (χ1) is 14.7. The minimum atomic E-state index is -0.566. The second kappa shape index (κ2) is 9.18. The van der Waals surface area contributed by atoms with Gasteiger partial charge in [-0.2, -0.15) is 5.26 Å². The van der Waals surface area contributed by atoms with Crippen molar-refractivity contribution in [1.29, 1.82) is 5.26 Å². The Balaban J connectivity index is 1.43. The maximum Gasteiger partial charge on any atom is 0.265 e. The number of benzene rings is 1. The highest BCUT2D eigenvalue weighted by Crippen LogP contribution is 2.34. The zero-order valence-electron chi connectivity index (χ0n) is 16.7. The van der Waals surface area contributed by atoms with E-state index < -0.39 is 6.10 Å². The molecule has 0 aliphatic carbocycles. The van der Waals surface area contributed by atoms with Crippen LogP contribution >= 0.6 is 11.3 Å². The fourth-order valence-corrected chi connectivity index (χ4v) is 4.64. The standard InChI is InChI=1S/C22H24N4O3S/c23-14-16-9-13-30-21(16)24-20(27)8-12-26-15-19(22(28)25-10-4-1-5-11-25)29-18-7-3-2-6-17(18)26/h2-3,6-7,9,13,19H,1,4-5,8,10-12,15H2,(H,24,27). The van der Waals surface area contributed by atoms with Gasteiger partial charge in [0, 0.05) is 26.1 Å². The molecule has 0 bridgehead atoms. The highest BCUT2D eigenvalue weighted by molar-refractivity contribution is 7.14. The summed E-state index contributed by atoms with van der Waals surface area (Å²) in [6, 6.07) is 11.4. The number of piperidine rings is 1. The number of para-hydroxylation sites is 2. The average molecular weight is 425 g/mol. The van der Waals surface area contributed by atoms with Crippen LogP contribution in [-0.4, -0.2) is 49.0 Å². The number of carbonyl (C=O) groups is 2. The van der Waals surface area contributed by atoms with Crippen molar-refractivity contribution in [2.24, 2.45) is 0 Å². The van der Waals surface area contributed by atoms with E-state index in [-0.39, 0.29) is 18.2 Å². The van der Waals surface area contributed by atoms with Crippen LogP contribution in [0.3, 0.4) is 0 Å². The maximum atomic E-state index is 13.0. The molecule has 0 radical (unpaired) electrons. The Bertz CT molecular complexity index is 961. The highest BCUT2D eigenvalue weighted by atomic mass is 32.1. The van der Waals surface area contributed by atoms with Crippen molar-refractivity contribution >= 4 is 33.8 Å². The van der Waals surface area contributed by atoms with Gasteiger partial charge in [-0.1, -0.05) is 12.1 Å². The van der Waals surface area contributed by atoms with E-state index >= 15 is 0 Å². The molecule has 1 N–H and O–H groups in total. The van der Waals surface area contributed by atoms with Crippen LogP contribution in [0.1, 0.15) is 31.2 Å². The summed E-state index contributed by atoms with van der Waals surface area (Å²) in [7, 11) is 0. The van der Waals surface area contributed by atoms with Crippen LogP contribution in [0.15, 0.2) is 35.7 Å². The van der Waals surface area contributed by atoms with E-state index in [1.54, 1.807) is 11.4 Å². The van der Waals surface area contributed by atoms with E-state index in [1.165, 1.54) is 11.3 Å². The van der Waals surface area contributed by atoms with Gasteiger partial charge >= 0.3 is 0 Å². The third kappa shape index (κ3) is 4.41. The van der Waals surface area contributed by atoms with Gasteiger partial charge in [-0.25, -0.2) is 0 Å². The molecule has 1 aromatic heterocycles. The number of fused-ring (bicyclic) bond motifs is 1. The van der Waals surface area contributed by atoms with Crippen molar-refractivity contribution in [3.8, 4) is 11.8 Å². The first-order valence-electron chi connectivity index (χ1n) is 10.2. The molecule has 1 atom stereocenters. The van der Waals surface area contributed by atoms with Crippen molar-refractivity contribution in [3.63, 3.8) is 0 Å². The van der Waals surface area contributed by atoms with Gasteiger partial charge in [0.25, 0.3) is 5.91 Å². The summed E-state index contributed by atoms with van der Waals surface area (Å²) in [5, 5.41) is 14.3. The Kier molecular flexibility index (Phi) is 6.19. The Morgan fingerprint density at radius 3 is 2.80 bits per heavy atom. The van der Waals surface area contributed by atoms with Crippen LogP contribution < -0.4 is 15.0 Å². The zero-order chi connectivity index (χ0) is 20.9. The molecule has 30 heavy (non-hydrogen) atoms. The molecule has 1 saturated heterocycles. The molecule has 0 spiro atoms. The molecule has 3 heterocycles. The lowest BCUT2D eigenvalue weighted by Gasteiger charge is -2.38. The number of carbonyl (C=O) groups excluding carboxylic acids is 2. The molecule has 1 aromatic carbocycles. The summed E-state index contributed by atoms with van der Waals surface area (Å²) < 4.78 is 6.03. The molecular formula is C22H24N4O3S. The zero-order valence-corrected chi connectivity index (χ0v) is 17.5. The average Bonchev–Trinajstić information content (AvgIpc) is 3.24. The van der Waals surface area contributed by atoms with E-state index in [9.17, 15) is 9.59 Å². The van der Waals surface area contributed by atoms with Crippen LogP contribution in [0.4, 0.5) is 10.7 Å². The SMILES string of the molecule is N#Cc1ccsc1NC(=O)CCN1CC(C(=O)N2CCCCC2)Oc2ccccc21. The van der Waals surface area contributed by atoms with E-state index in [4.69, 9.17) is 10.00 Å². The summed E-state index contributed by atoms with van der Waals surface area (Å²) in [6.07, 6.45) is 2.92. The molecule has 0 saturated carbocycles. The highest BCUT2D eigenvalue weighted by Gasteiger charge is 2.34. The first kappa shape index (κ1) is 20.2. The predicted octanol–water partition coefficient (Wildman–Crippen LogP) is 3.23. The van der Waals surface area contributed by atoms with Gasteiger partial charge in [0.05, 0.1) is 17.8 Å². The Morgan fingerprint density at radius 1 is 1.20 bits per heavy atom. The van der Waals surface area contributed by atoms with Crippen molar-refractivity contribution in [2.45, 2.75) is 31.8 Å². The number of thiophene rings is 1. The summed E-state index contributed by atoms with van der Waals surface area (Å²) in [4.78, 5) is 29.4. The normalized spacial score (nSPS) is 18.2. The summed E-state index contributed by atoms with van der Waals surface area (Å²) in [5.41, 5.74) is 1.36. The largest absolute Gasteiger partial charge is 0.477 e. The molecule has 2 aromatic rings. The number of amides is 2. The fraction of sp³-hybridized carbons (Fsp3) is 0.409. The molecule has 2 aliphatic rings. The summed E-state index contributed by atoms with van der Waals surface area (Å²) >= 11 is 1.33. The number of nitrogens with one attached hydrogen (secondary N) is 1.